The smallest absolute Gasteiger partial charge is 0.253 e. The van der Waals surface area contributed by atoms with Gasteiger partial charge in [0.2, 0.25) is 5.91 Å². The number of hydrogen-bond acceptors (Lipinski definition) is 5. The number of benzene rings is 2. The summed E-state index contributed by atoms with van der Waals surface area (Å²) in [5, 5.41) is 0. The molecule has 182 valence electrons. The van der Waals surface area contributed by atoms with Crippen LogP contribution < -0.4 is 14.2 Å². The highest BCUT2D eigenvalue weighted by Crippen LogP contribution is 2.34. The van der Waals surface area contributed by atoms with Crippen LogP contribution >= 0.6 is 0 Å². The summed E-state index contributed by atoms with van der Waals surface area (Å²) in [6.45, 7) is 2.77. The van der Waals surface area contributed by atoms with Crippen LogP contribution in [-0.4, -0.2) is 69.1 Å². The maximum absolute atomic E-state index is 13.0. The second kappa shape index (κ2) is 10.8. The summed E-state index contributed by atoms with van der Waals surface area (Å²) in [5.41, 5.74) is 1.71. The molecule has 7 heteroatoms. The number of hydrogen-bond donors (Lipinski definition) is 0. The Morgan fingerprint density at radius 1 is 0.941 bits per heavy atom. The van der Waals surface area contributed by atoms with E-state index in [1.165, 1.54) is 0 Å². The van der Waals surface area contributed by atoms with Gasteiger partial charge in [0.05, 0.1) is 21.3 Å². The van der Waals surface area contributed by atoms with Crippen LogP contribution in [0.1, 0.15) is 35.2 Å². The van der Waals surface area contributed by atoms with Gasteiger partial charge in [0, 0.05) is 38.2 Å². The van der Waals surface area contributed by atoms with E-state index in [0.717, 1.165) is 36.4 Å². The normalized spacial score (nSPS) is 20.4. The Bertz CT molecular complexity index is 1010. The Morgan fingerprint density at radius 3 is 2.41 bits per heavy atom. The van der Waals surface area contributed by atoms with Crippen molar-refractivity contribution in [1.29, 1.82) is 0 Å². The van der Waals surface area contributed by atoms with Gasteiger partial charge in [0.15, 0.2) is 11.5 Å². The van der Waals surface area contributed by atoms with E-state index in [4.69, 9.17) is 14.2 Å². The van der Waals surface area contributed by atoms with Gasteiger partial charge in [0.25, 0.3) is 5.91 Å². The number of piperidine rings is 1. The van der Waals surface area contributed by atoms with Gasteiger partial charge in [-0.15, -0.1) is 0 Å². The van der Waals surface area contributed by atoms with E-state index in [1.54, 1.807) is 21.3 Å². The number of carbonyl (C=O) groups excluding carboxylic acids is 2. The Morgan fingerprint density at radius 2 is 1.71 bits per heavy atom. The summed E-state index contributed by atoms with van der Waals surface area (Å²) in [5.74, 6) is 3.12. The van der Waals surface area contributed by atoms with Crippen LogP contribution in [0.4, 0.5) is 0 Å². The van der Waals surface area contributed by atoms with Gasteiger partial charge in [-0.2, -0.15) is 0 Å². The van der Waals surface area contributed by atoms with Gasteiger partial charge in [-0.3, -0.25) is 9.59 Å². The van der Waals surface area contributed by atoms with Crippen LogP contribution in [0.15, 0.2) is 42.5 Å². The molecule has 0 unspecified atom stereocenters. The molecular formula is C27H34N2O5. The van der Waals surface area contributed by atoms with Gasteiger partial charge < -0.3 is 24.0 Å². The van der Waals surface area contributed by atoms with E-state index in [1.807, 2.05) is 52.3 Å². The third kappa shape index (κ3) is 5.13. The lowest BCUT2D eigenvalue weighted by Crippen LogP contribution is -2.43. The molecule has 2 heterocycles. The number of para-hydroxylation sites is 1. The second-order valence-corrected chi connectivity index (χ2v) is 9.06. The Balaban J connectivity index is 1.37. The molecule has 0 radical (unpaired) electrons. The standard InChI is InChI=1S/C27H34N2O5/c1-32-23-9-7-20(8-10-23)27(31)29-16-12-21-17-25(30)28(15-13-22(21)18-29)14-11-19-5-4-6-24(33-2)26(19)34-3/h4-10,21-22H,11-18H2,1-3H3/t21-,22-/m0/s1. The minimum Gasteiger partial charge on any atom is -0.497 e. The minimum atomic E-state index is 0.0543. The number of fused-ring (bicyclic) bond motifs is 1. The molecule has 2 atom stereocenters. The first-order valence-corrected chi connectivity index (χ1v) is 11.9. The van der Waals surface area contributed by atoms with Crippen molar-refractivity contribution in [3.8, 4) is 17.2 Å². The largest absolute Gasteiger partial charge is 0.497 e. The number of carbonyl (C=O) groups is 2. The van der Waals surface area contributed by atoms with Gasteiger partial charge in [-0.1, -0.05) is 12.1 Å². The van der Waals surface area contributed by atoms with Crippen molar-refractivity contribution in [2.24, 2.45) is 11.8 Å². The number of methoxy groups -OCH3 is 3. The van der Waals surface area contributed by atoms with Crippen LogP contribution in [0.3, 0.4) is 0 Å². The molecule has 0 aromatic heterocycles. The molecule has 7 nitrogen and oxygen atoms in total. The Labute approximate surface area is 201 Å². The average molecular weight is 467 g/mol. The molecule has 4 rings (SSSR count). The molecule has 2 aromatic rings. The minimum absolute atomic E-state index is 0.0543. The van der Waals surface area contributed by atoms with E-state index in [-0.39, 0.29) is 11.8 Å². The van der Waals surface area contributed by atoms with Gasteiger partial charge in [0.1, 0.15) is 5.75 Å². The lowest BCUT2D eigenvalue weighted by Gasteiger charge is -2.37. The third-order valence-corrected chi connectivity index (χ3v) is 7.21. The molecule has 0 spiro atoms. The van der Waals surface area contributed by atoms with Crippen molar-refractivity contribution < 1.29 is 23.8 Å². The van der Waals surface area contributed by atoms with Crippen molar-refractivity contribution in [3.63, 3.8) is 0 Å². The van der Waals surface area contributed by atoms with Gasteiger partial charge in [-0.05, 0) is 67.0 Å². The van der Waals surface area contributed by atoms with Crippen LogP contribution in [0.2, 0.25) is 0 Å². The first-order chi connectivity index (χ1) is 16.5. The van der Waals surface area contributed by atoms with Crippen LogP contribution in [0.5, 0.6) is 17.2 Å². The number of rotatable bonds is 7. The molecule has 2 fully saturated rings. The highest BCUT2D eigenvalue weighted by atomic mass is 16.5. The number of likely N-dealkylation sites (tertiary alicyclic amines) is 2. The fraction of sp³-hybridized carbons (Fsp3) is 0.481. The number of ether oxygens (including phenoxy) is 3. The maximum Gasteiger partial charge on any atom is 0.253 e. The summed E-state index contributed by atoms with van der Waals surface area (Å²) in [4.78, 5) is 30.0. The highest BCUT2D eigenvalue weighted by molar-refractivity contribution is 5.94. The van der Waals surface area contributed by atoms with E-state index >= 15 is 0 Å². The molecule has 0 N–H and O–H groups in total. The first kappa shape index (κ1) is 23.9. The fourth-order valence-corrected chi connectivity index (χ4v) is 5.22. The monoisotopic (exact) mass is 466 g/mol. The van der Waals surface area contributed by atoms with E-state index in [2.05, 4.69) is 0 Å². The van der Waals surface area contributed by atoms with Crippen LogP contribution in [-0.2, 0) is 11.2 Å². The fourth-order valence-electron chi connectivity index (χ4n) is 5.22. The molecule has 2 aliphatic heterocycles. The van der Waals surface area contributed by atoms with Gasteiger partial charge in [-0.25, -0.2) is 0 Å². The predicted octanol–water partition coefficient (Wildman–Crippen LogP) is 3.66. The molecule has 2 aromatic carbocycles. The molecular weight excluding hydrogens is 432 g/mol. The molecule has 2 saturated heterocycles. The van der Waals surface area contributed by atoms with E-state index in [9.17, 15) is 9.59 Å². The number of nitrogens with zero attached hydrogens (tertiary/aromatic N) is 2. The highest BCUT2D eigenvalue weighted by Gasteiger charge is 2.36. The summed E-state index contributed by atoms with van der Waals surface area (Å²) >= 11 is 0. The zero-order chi connectivity index (χ0) is 24.1. The number of amides is 2. The lowest BCUT2D eigenvalue weighted by atomic mass is 9.82. The van der Waals surface area contributed by atoms with E-state index < -0.39 is 0 Å². The quantitative estimate of drug-likeness (QED) is 0.623. The van der Waals surface area contributed by atoms with Crippen LogP contribution in [0.25, 0.3) is 0 Å². The first-order valence-electron chi connectivity index (χ1n) is 11.9. The second-order valence-electron chi connectivity index (χ2n) is 9.06. The van der Waals surface area contributed by atoms with Crippen molar-refractivity contribution in [3.05, 3.63) is 53.6 Å². The van der Waals surface area contributed by atoms with Gasteiger partial charge >= 0.3 is 0 Å². The van der Waals surface area contributed by atoms with Crippen molar-refractivity contribution >= 4 is 11.8 Å². The van der Waals surface area contributed by atoms with Crippen molar-refractivity contribution in [2.75, 3.05) is 47.5 Å². The zero-order valence-corrected chi connectivity index (χ0v) is 20.3. The molecule has 2 amide bonds. The topological polar surface area (TPSA) is 68.3 Å². The third-order valence-electron chi connectivity index (χ3n) is 7.21. The van der Waals surface area contributed by atoms with Crippen LogP contribution in [0, 0.1) is 11.8 Å². The average Bonchev–Trinajstić information content (AvgIpc) is 3.04. The molecule has 2 aliphatic rings. The molecule has 0 saturated carbocycles. The van der Waals surface area contributed by atoms with Crippen molar-refractivity contribution in [2.45, 2.75) is 25.7 Å². The Kier molecular flexibility index (Phi) is 7.60. The summed E-state index contributed by atoms with van der Waals surface area (Å²) in [6, 6.07) is 13.1. The summed E-state index contributed by atoms with van der Waals surface area (Å²) in [6.07, 6.45) is 3.06. The summed E-state index contributed by atoms with van der Waals surface area (Å²) in [7, 11) is 4.89. The SMILES string of the molecule is COc1ccc(C(=O)N2CC[C@H]3CC(=O)N(CCc4cccc(OC)c4OC)CC[C@H]3C2)cc1. The summed E-state index contributed by atoms with van der Waals surface area (Å²) < 4.78 is 16.1. The van der Waals surface area contributed by atoms with E-state index in [0.29, 0.717) is 55.6 Å². The maximum atomic E-state index is 13.0. The predicted molar refractivity (Wildman–Crippen MR) is 130 cm³/mol. The lowest BCUT2D eigenvalue weighted by molar-refractivity contribution is -0.131. The molecule has 0 aliphatic carbocycles. The Hall–Kier alpha value is -3.22. The van der Waals surface area contributed by atoms with Crippen molar-refractivity contribution in [1.82, 2.24) is 9.80 Å². The zero-order valence-electron chi connectivity index (χ0n) is 20.3. The molecule has 34 heavy (non-hydrogen) atoms. The molecule has 0 bridgehead atoms.